The molecule has 4 amide bonds. The Balaban J connectivity index is 0.000000269. The second-order valence-corrected chi connectivity index (χ2v) is 20.3. The molecule has 6 rings (SSSR count). The van der Waals surface area contributed by atoms with Crippen LogP contribution in [0.1, 0.15) is 165 Å². The quantitative estimate of drug-likeness (QED) is 0.189. The lowest BCUT2D eigenvalue weighted by Crippen LogP contribution is -2.55. The molecule has 71 heavy (non-hydrogen) atoms. The van der Waals surface area contributed by atoms with Crippen LogP contribution in [-0.4, -0.2) is 107 Å². The Labute approximate surface area is 410 Å². The molecule has 0 radical (unpaired) electrons. The van der Waals surface area contributed by atoms with Crippen LogP contribution in [0.25, 0.3) is 0 Å². The van der Waals surface area contributed by atoms with Crippen LogP contribution < -0.4 is 30.3 Å². The molecule has 2 aromatic carbocycles. The molecule has 2 saturated carbocycles. The first kappa shape index (κ1) is 57.1. The van der Waals surface area contributed by atoms with Crippen molar-refractivity contribution in [2.24, 2.45) is 5.73 Å². The Morgan fingerprint density at radius 3 is 1.34 bits per heavy atom. The average Bonchev–Trinajstić information content (AvgIpc) is 3.26. The van der Waals surface area contributed by atoms with Crippen LogP contribution in [0, 0.1) is 0 Å². The van der Waals surface area contributed by atoms with Crippen molar-refractivity contribution in [1.82, 2.24) is 15.1 Å². The average molecular weight is 1020 g/mol. The molecule has 21 heteroatoms. The molecule has 2 aromatic rings. The highest BCUT2D eigenvalue weighted by atomic mass is 19.4. The number of hydrogen-bond acceptors (Lipinski definition) is 8. The minimum Gasteiger partial charge on any atom is -0.476 e. The lowest BCUT2D eigenvalue weighted by molar-refractivity contribution is -0.156. The molecule has 2 aliphatic carbocycles. The number of anilines is 2. The van der Waals surface area contributed by atoms with Crippen LogP contribution >= 0.6 is 0 Å². The third kappa shape index (κ3) is 12.9. The van der Waals surface area contributed by atoms with Gasteiger partial charge in [-0.15, -0.1) is 0 Å². The minimum absolute atomic E-state index is 0.0788. The van der Waals surface area contributed by atoms with Crippen molar-refractivity contribution in [3.63, 3.8) is 0 Å². The van der Waals surface area contributed by atoms with E-state index in [1.54, 1.807) is 18.7 Å². The fraction of sp³-hybridized carbons (Fsp3) is 0.680. The van der Waals surface area contributed by atoms with Crippen molar-refractivity contribution in [1.29, 1.82) is 0 Å². The molecule has 3 N–H and O–H groups in total. The number of alkyl halides is 9. The predicted octanol–water partition coefficient (Wildman–Crippen LogP) is 10.7. The monoisotopic (exact) mass is 1020 g/mol. The molecule has 12 nitrogen and oxygen atoms in total. The van der Waals surface area contributed by atoms with Gasteiger partial charge in [0.05, 0.1) is 33.6 Å². The third-order valence-corrected chi connectivity index (χ3v) is 13.5. The highest BCUT2D eigenvalue weighted by molar-refractivity contribution is 6.06. The van der Waals surface area contributed by atoms with Gasteiger partial charge in [-0.1, -0.05) is 45.4 Å². The summed E-state index contributed by atoms with van der Waals surface area (Å²) >= 11 is 0. The van der Waals surface area contributed by atoms with Crippen LogP contribution in [0.5, 0.6) is 11.5 Å². The van der Waals surface area contributed by atoms with Crippen molar-refractivity contribution in [2.75, 3.05) is 36.0 Å². The standard InChI is InChI=1S/C27H37F6N3O3.C23H32F3N3O3/c1-6-22(27(31,32)33)34-12-13-35-20-14-18(23(37)36(16(2)3)17-10-8-7-9-11-17)19(26(28,29)30)15-21(20)39-25(4,5)24(35)38;1-14(2)29(15-8-6-5-7-9-15)20(30)16-12-18-19(13-17(16)23(24,25)26)32-22(3,4)21(31)28(18)11-10-27/h14-17,22,34H,6-13H2,1-5H3;12-15H,5-11,27H2,1-4H3. The van der Waals surface area contributed by atoms with Crippen molar-refractivity contribution < 1.29 is 68.2 Å². The lowest BCUT2D eigenvalue weighted by atomic mass is 9.92. The molecule has 0 aromatic heterocycles. The number of carbonyl (C=O) groups is 4. The summed E-state index contributed by atoms with van der Waals surface area (Å²) in [5.74, 6) is -2.87. The summed E-state index contributed by atoms with van der Waals surface area (Å²) < 4.78 is 136. The molecule has 0 bridgehead atoms. The van der Waals surface area contributed by atoms with Gasteiger partial charge in [0.2, 0.25) is 0 Å². The van der Waals surface area contributed by atoms with Gasteiger partial charge in [-0.05, 0) is 112 Å². The van der Waals surface area contributed by atoms with E-state index in [0.717, 1.165) is 80.5 Å². The summed E-state index contributed by atoms with van der Waals surface area (Å²) in [4.78, 5) is 58.9. The van der Waals surface area contributed by atoms with E-state index < -0.39 is 81.7 Å². The topological polar surface area (TPSA) is 138 Å². The zero-order valence-electron chi connectivity index (χ0n) is 42.0. The highest BCUT2D eigenvalue weighted by Crippen LogP contribution is 2.47. The number of rotatable bonds is 13. The van der Waals surface area contributed by atoms with Gasteiger partial charge in [-0.25, -0.2) is 0 Å². The zero-order chi connectivity index (χ0) is 53.2. The zero-order valence-corrected chi connectivity index (χ0v) is 42.0. The number of nitrogens with zero attached hydrogens (tertiary/aromatic N) is 4. The molecule has 0 saturated heterocycles. The van der Waals surface area contributed by atoms with Crippen molar-refractivity contribution in [2.45, 2.75) is 193 Å². The van der Waals surface area contributed by atoms with Gasteiger partial charge in [0.1, 0.15) is 17.5 Å². The van der Waals surface area contributed by atoms with Gasteiger partial charge >= 0.3 is 18.5 Å². The van der Waals surface area contributed by atoms with E-state index in [9.17, 15) is 58.7 Å². The summed E-state index contributed by atoms with van der Waals surface area (Å²) in [5, 5.41) is 2.37. The molecule has 2 heterocycles. The largest absolute Gasteiger partial charge is 0.476 e. The fourth-order valence-electron chi connectivity index (χ4n) is 10.1. The second kappa shape index (κ2) is 22.1. The Bertz CT molecular complexity index is 2230. The van der Waals surface area contributed by atoms with Gasteiger partial charge in [0.25, 0.3) is 23.6 Å². The van der Waals surface area contributed by atoms with Crippen LogP contribution in [0.15, 0.2) is 24.3 Å². The van der Waals surface area contributed by atoms with Gasteiger partial charge in [-0.3, -0.25) is 19.2 Å². The second-order valence-electron chi connectivity index (χ2n) is 20.3. The van der Waals surface area contributed by atoms with Gasteiger partial charge < -0.3 is 40.1 Å². The number of fused-ring (bicyclic) bond motifs is 2. The number of halogens is 9. The molecule has 0 spiro atoms. The smallest absolute Gasteiger partial charge is 0.417 e. The van der Waals surface area contributed by atoms with Crippen molar-refractivity contribution in [3.8, 4) is 11.5 Å². The first-order valence-corrected chi connectivity index (χ1v) is 24.5. The van der Waals surface area contributed by atoms with Crippen LogP contribution in [0.3, 0.4) is 0 Å². The van der Waals surface area contributed by atoms with E-state index >= 15 is 0 Å². The number of hydrogen-bond donors (Lipinski definition) is 2. The van der Waals surface area contributed by atoms with Crippen molar-refractivity contribution in [3.05, 3.63) is 46.5 Å². The Morgan fingerprint density at radius 2 is 1.03 bits per heavy atom. The van der Waals surface area contributed by atoms with E-state index in [1.807, 2.05) is 13.8 Å². The first-order chi connectivity index (χ1) is 32.9. The van der Waals surface area contributed by atoms with E-state index in [2.05, 4.69) is 5.32 Å². The number of ether oxygens (including phenoxy) is 2. The number of benzene rings is 2. The maximum absolute atomic E-state index is 14.3. The maximum atomic E-state index is 14.3. The van der Waals surface area contributed by atoms with E-state index in [4.69, 9.17) is 15.2 Å². The molecule has 398 valence electrons. The fourth-order valence-corrected chi connectivity index (χ4v) is 10.1. The summed E-state index contributed by atoms with van der Waals surface area (Å²) in [6.07, 6.45) is -5.80. The highest BCUT2D eigenvalue weighted by Gasteiger charge is 2.48. The summed E-state index contributed by atoms with van der Waals surface area (Å²) in [5.41, 5.74) is -0.504. The molecular formula is C50H69F9N6O6. The van der Waals surface area contributed by atoms with E-state index in [1.165, 1.54) is 44.4 Å². The predicted molar refractivity (Wildman–Crippen MR) is 251 cm³/mol. The normalized spacial score (nSPS) is 19.1. The number of nitrogens with one attached hydrogen (secondary N) is 1. The van der Waals surface area contributed by atoms with Crippen LogP contribution in [0.4, 0.5) is 50.9 Å². The van der Waals surface area contributed by atoms with E-state index in [0.29, 0.717) is 12.8 Å². The molecule has 1 unspecified atom stereocenters. The van der Waals surface area contributed by atoms with Crippen molar-refractivity contribution >= 4 is 35.0 Å². The molecule has 2 fully saturated rings. The summed E-state index contributed by atoms with van der Waals surface area (Å²) in [6.45, 7) is 13.9. The number of carbonyl (C=O) groups excluding carboxylic acids is 4. The SMILES string of the molecule is CC(C)N(C(=O)c1cc2c(cc1C(F)(F)F)OC(C)(C)C(=O)N2CCN)C1CCCCC1.CCC(NCCN1C(=O)C(C)(C)Oc2cc(C(F)(F)F)c(C(=O)N(C(C)C)C3CCCCC3)cc21)C(F)(F)F. The summed E-state index contributed by atoms with van der Waals surface area (Å²) in [7, 11) is 0. The van der Waals surface area contributed by atoms with Crippen LogP contribution in [0.2, 0.25) is 0 Å². The minimum atomic E-state index is -4.89. The Morgan fingerprint density at radius 1 is 0.662 bits per heavy atom. The van der Waals surface area contributed by atoms with Gasteiger partial charge in [0, 0.05) is 50.3 Å². The number of amides is 4. The van der Waals surface area contributed by atoms with Gasteiger partial charge in [0.15, 0.2) is 11.2 Å². The third-order valence-electron chi connectivity index (χ3n) is 13.5. The Kier molecular flexibility index (Phi) is 17.8. The Hall–Kier alpha value is -4.79. The molecule has 2 aliphatic heterocycles. The summed E-state index contributed by atoms with van der Waals surface area (Å²) in [6, 6.07) is 0.970. The maximum Gasteiger partial charge on any atom is 0.417 e. The van der Waals surface area contributed by atoms with Crippen LogP contribution in [-0.2, 0) is 21.9 Å². The lowest BCUT2D eigenvalue weighted by Gasteiger charge is -2.41. The molecule has 1 atom stereocenters. The van der Waals surface area contributed by atoms with E-state index in [-0.39, 0.29) is 79.6 Å². The molecular weight excluding hydrogens is 952 g/mol. The van der Waals surface area contributed by atoms with Gasteiger partial charge in [-0.2, -0.15) is 39.5 Å². The number of nitrogens with two attached hydrogens (primary N) is 1. The molecule has 4 aliphatic rings. The first-order valence-electron chi connectivity index (χ1n) is 24.5.